The molecule has 170 valence electrons. The molecule has 7 nitrogen and oxygen atoms in total. The van der Waals surface area contributed by atoms with Crippen LogP contribution >= 0.6 is 0 Å². The molecule has 1 fully saturated rings. The largest absolute Gasteiger partial charge is 0.353 e. The minimum absolute atomic E-state index is 0.177. The Morgan fingerprint density at radius 2 is 1.91 bits per heavy atom. The molecule has 0 saturated carbocycles. The molecule has 1 aliphatic heterocycles. The summed E-state index contributed by atoms with van der Waals surface area (Å²) in [6.45, 7) is 4.58. The van der Waals surface area contributed by atoms with Crippen LogP contribution in [0.15, 0.2) is 48.8 Å². The van der Waals surface area contributed by atoms with Gasteiger partial charge in [-0.25, -0.2) is 4.39 Å². The molecule has 4 aromatic rings. The molecular weight excluding hydrogens is 417 g/mol. The summed E-state index contributed by atoms with van der Waals surface area (Å²) in [4.78, 5) is 9.34. The number of piperidine rings is 1. The molecule has 0 radical (unpaired) electrons. The van der Waals surface area contributed by atoms with Crippen LogP contribution in [-0.2, 0) is 13.6 Å². The lowest BCUT2D eigenvalue weighted by molar-refractivity contribution is 0.200. The van der Waals surface area contributed by atoms with Gasteiger partial charge in [-0.15, -0.1) is 10.2 Å². The monoisotopic (exact) mass is 445 g/mol. The van der Waals surface area contributed by atoms with Crippen molar-refractivity contribution >= 4 is 16.7 Å². The fraction of sp³-hybridized carbons (Fsp3) is 0.360. The summed E-state index contributed by atoms with van der Waals surface area (Å²) in [5.74, 6) is 0.663. The zero-order chi connectivity index (χ0) is 22.9. The highest BCUT2D eigenvalue weighted by Gasteiger charge is 2.26. The zero-order valence-corrected chi connectivity index (χ0v) is 19.2. The minimum atomic E-state index is -0.177. The Labute approximate surface area is 192 Å². The van der Waals surface area contributed by atoms with Crippen LogP contribution in [0.1, 0.15) is 24.0 Å². The number of hydrogen-bond acceptors (Lipinski definition) is 6. The van der Waals surface area contributed by atoms with E-state index in [9.17, 15) is 4.39 Å². The second kappa shape index (κ2) is 8.86. The lowest BCUT2D eigenvalue weighted by Gasteiger charge is -2.37. The Morgan fingerprint density at radius 3 is 2.64 bits per heavy atom. The molecule has 0 spiro atoms. The van der Waals surface area contributed by atoms with Crippen molar-refractivity contribution in [3.63, 3.8) is 0 Å². The molecule has 1 aliphatic rings. The maximum absolute atomic E-state index is 13.4. The molecule has 0 unspecified atom stereocenters. The lowest BCUT2D eigenvalue weighted by atomic mass is 10.0. The van der Waals surface area contributed by atoms with Gasteiger partial charge in [-0.2, -0.15) is 5.10 Å². The van der Waals surface area contributed by atoms with Gasteiger partial charge in [-0.1, -0.05) is 6.07 Å². The zero-order valence-electron chi connectivity index (χ0n) is 19.2. The number of aryl methyl sites for hydroxylation is 2. The number of nitrogens with zero attached hydrogens (tertiary/aromatic N) is 7. The topological polar surface area (TPSA) is 63.0 Å². The number of aromatic nitrogens is 5. The molecule has 5 rings (SSSR count). The van der Waals surface area contributed by atoms with Crippen molar-refractivity contribution in [2.45, 2.75) is 32.4 Å². The van der Waals surface area contributed by atoms with Gasteiger partial charge in [0.1, 0.15) is 17.0 Å². The second-order valence-electron chi connectivity index (χ2n) is 8.82. The van der Waals surface area contributed by atoms with E-state index in [1.54, 1.807) is 23.0 Å². The minimum Gasteiger partial charge on any atom is -0.353 e. The Bertz CT molecular complexity index is 1280. The molecule has 0 atom stereocenters. The standard InChI is InChI=1S/C25H28FN7/c1-17-15-19(26)7-6-18(17)16-31(2)20-9-13-33(14-10-20)25-24-21(5-4-11-27-24)23(29-30-25)22-8-12-28-32(22)3/h4-8,11-12,15,20H,9-10,13-14,16H2,1-3H3. The summed E-state index contributed by atoms with van der Waals surface area (Å²) in [5, 5.41) is 14.4. The number of rotatable bonds is 5. The molecule has 0 amide bonds. The van der Waals surface area contributed by atoms with Gasteiger partial charge in [0.25, 0.3) is 0 Å². The van der Waals surface area contributed by atoms with Gasteiger partial charge in [-0.05, 0) is 68.3 Å². The van der Waals surface area contributed by atoms with Crippen molar-refractivity contribution in [2.24, 2.45) is 7.05 Å². The fourth-order valence-electron chi connectivity index (χ4n) is 4.73. The van der Waals surface area contributed by atoms with Crippen LogP contribution in [0.25, 0.3) is 22.3 Å². The number of fused-ring (bicyclic) bond motifs is 1. The number of halogens is 1. The number of pyridine rings is 1. The van der Waals surface area contributed by atoms with Gasteiger partial charge in [0.2, 0.25) is 0 Å². The first-order valence-electron chi connectivity index (χ1n) is 11.3. The number of hydrogen-bond donors (Lipinski definition) is 0. The summed E-state index contributed by atoms with van der Waals surface area (Å²) in [7, 11) is 4.06. The van der Waals surface area contributed by atoms with Gasteiger partial charge in [0, 0.05) is 50.5 Å². The van der Waals surface area contributed by atoms with Gasteiger partial charge in [0.05, 0.1) is 5.69 Å². The SMILES string of the molecule is Cc1cc(F)ccc1CN(C)C1CCN(c2nnc(-c3ccnn3C)c3cccnc23)CC1. The number of benzene rings is 1. The first-order valence-corrected chi connectivity index (χ1v) is 11.3. The van der Waals surface area contributed by atoms with E-state index in [0.29, 0.717) is 6.04 Å². The van der Waals surface area contributed by atoms with E-state index in [4.69, 9.17) is 0 Å². The lowest BCUT2D eigenvalue weighted by Crippen LogP contribution is -2.43. The van der Waals surface area contributed by atoms with Crippen molar-refractivity contribution < 1.29 is 4.39 Å². The molecule has 1 aromatic carbocycles. The van der Waals surface area contributed by atoms with Crippen molar-refractivity contribution in [3.8, 4) is 11.4 Å². The van der Waals surface area contributed by atoms with Crippen LogP contribution < -0.4 is 4.90 Å². The van der Waals surface area contributed by atoms with E-state index < -0.39 is 0 Å². The summed E-state index contributed by atoms with van der Waals surface area (Å²) in [5.41, 5.74) is 4.76. The van der Waals surface area contributed by atoms with Crippen LogP contribution in [0, 0.1) is 12.7 Å². The van der Waals surface area contributed by atoms with Crippen molar-refractivity contribution in [1.29, 1.82) is 0 Å². The normalized spacial score (nSPS) is 15.0. The maximum atomic E-state index is 13.4. The van der Waals surface area contributed by atoms with Crippen molar-refractivity contribution in [1.82, 2.24) is 29.9 Å². The average Bonchev–Trinajstić information content (AvgIpc) is 3.26. The Hall–Kier alpha value is -3.39. The summed E-state index contributed by atoms with van der Waals surface area (Å²) < 4.78 is 15.2. The highest BCUT2D eigenvalue weighted by Crippen LogP contribution is 2.31. The third kappa shape index (κ3) is 4.18. The molecule has 3 aromatic heterocycles. The van der Waals surface area contributed by atoms with E-state index in [0.717, 1.165) is 66.1 Å². The van der Waals surface area contributed by atoms with Crippen molar-refractivity contribution in [3.05, 3.63) is 65.7 Å². The molecule has 0 N–H and O–H groups in total. The quantitative estimate of drug-likeness (QED) is 0.463. The maximum Gasteiger partial charge on any atom is 0.177 e. The van der Waals surface area contributed by atoms with Gasteiger partial charge < -0.3 is 4.90 Å². The molecule has 4 heterocycles. The third-order valence-corrected chi connectivity index (χ3v) is 6.69. The molecule has 0 aliphatic carbocycles. The van der Waals surface area contributed by atoms with Crippen LogP contribution in [0.2, 0.25) is 0 Å². The van der Waals surface area contributed by atoms with Gasteiger partial charge in [-0.3, -0.25) is 14.6 Å². The molecule has 0 bridgehead atoms. The van der Waals surface area contributed by atoms with Crippen LogP contribution in [0.4, 0.5) is 10.2 Å². The number of anilines is 1. The predicted molar refractivity (Wildman–Crippen MR) is 127 cm³/mol. The third-order valence-electron chi connectivity index (χ3n) is 6.69. The van der Waals surface area contributed by atoms with Crippen LogP contribution in [-0.4, -0.2) is 56.0 Å². The molecule has 33 heavy (non-hydrogen) atoms. The molecule has 1 saturated heterocycles. The van der Waals surface area contributed by atoms with Gasteiger partial charge >= 0.3 is 0 Å². The highest BCUT2D eigenvalue weighted by molar-refractivity contribution is 5.97. The second-order valence-corrected chi connectivity index (χ2v) is 8.82. The Morgan fingerprint density at radius 1 is 1.09 bits per heavy atom. The smallest absolute Gasteiger partial charge is 0.177 e. The summed E-state index contributed by atoms with van der Waals surface area (Å²) in [6.07, 6.45) is 5.63. The predicted octanol–water partition coefficient (Wildman–Crippen LogP) is 3.97. The Kier molecular flexibility index (Phi) is 5.76. The van der Waals surface area contributed by atoms with Crippen molar-refractivity contribution in [2.75, 3.05) is 25.0 Å². The molecular formula is C25H28FN7. The average molecular weight is 446 g/mol. The van der Waals surface area contributed by atoms with Crippen LogP contribution in [0.5, 0.6) is 0 Å². The summed E-state index contributed by atoms with van der Waals surface area (Å²) >= 11 is 0. The van der Waals surface area contributed by atoms with E-state index in [2.05, 4.69) is 43.2 Å². The first-order chi connectivity index (χ1) is 16.0. The first kappa shape index (κ1) is 21.5. The van der Waals surface area contributed by atoms with Gasteiger partial charge in [0.15, 0.2) is 5.82 Å². The molecule has 8 heteroatoms. The van der Waals surface area contributed by atoms with E-state index >= 15 is 0 Å². The van der Waals surface area contributed by atoms with E-state index in [-0.39, 0.29) is 5.82 Å². The fourth-order valence-corrected chi connectivity index (χ4v) is 4.73. The van der Waals surface area contributed by atoms with Crippen LogP contribution in [0.3, 0.4) is 0 Å². The summed E-state index contributed by atoms with van der Waals surface area (Å²) in [6, 6.07) is 11.4. The van der Waals surface area contributed by atoms with E-state index in [1.807, 2.05) is 38.4 Å². The Balaban J connectivity index is 1.33. The van der Waals surface area contributed by atoms with E-state index in [1.165, 1.54) is 5.56 Å². The highest BCUT2D eigenvalue weighted by atomic mass is 19.1.